The lowest BCUT2D eigenvalue weighted by Crippen LogP contribution is -2.23. The van der Waals surface area contributed by atoms with Crippen LogP contribution in [0.25, 0.3) is 28.9 Å². The van der Waals surface area contributed by atoms with E-state index in [1.54, 1.807) is 0 Å². The molecule has 7 rings (SSSR count). The van der Waals surface area contributed by atoms with Gasteiger partial charge in [-0.15, -0.1) is 0 Å². The molecule has 5 aromatic rings. The van der Waals surface area contributed by atoms with Crippen LogP contribution in [0.15, 0.2) is 166 Å². The lowest BCUT2D eigenvalue weighted by molar-refractivity contribution is 1.00. The largest absolute Gasteiger partial charge is 0.270 e. The highest BCUT2D eigenvalue weighted by atomic mass is 14.9. The number of hydrogen-bond acceptors (Lipinski definition) is 2. The molecule has 3 nitrogen and oxygen atoms in total. The zero-order valence-corrected chi connectivity index (χ0v) is 31.9. The highest BCUT2D eigenvalue weighted by Gasteiger charge is 2.20. The van der Waals surface area contributed by atoms with Crippen molar-refractivity contribution in [2.24, 2.45) is 15.0 Å². The summed E-state index contributed by atoms with van der Waals surface area (Å²) in [5, 5.41) is 2.38. The SMILES string of the molecule is CC.CC\C(C)=C/C=c1\cccc\c1=C\C(=C1C=C1)c1cc(C(=NC(=NC)c2ccccc2)c2ccccc2)cc(-c2cccc3c2N=C(C)CC3)c1. The number of aliphatic imine (C=N–C) groups is 3. The van der Waals surface area contributed by atoms with Gasteiger partial charge in [0.15, 0.2) is 5.84 Å². The van der Waals surface area contributed by atoms with Crippen LogP contribution in [0, 0.1) is 0 Å². The van der Waals surface area contributed by atoms with Gasteiger partial charge in [-0.25, -0.2) is 4.99 Å². The molecule has 2 aliphatic rings. The molecule has 3 heteroatoms. The van der Waals surface area contributed by atoms with Crippen LogP contribution in [0.2, 0.25) is 0 Å². The number of para-hydroxylation sites is 1. The number of nitrogens with zero attached hydrogens (tertiary/aromatic N) is 3. The van der Waals surface area contributed by atoms with Crippen LogP contribution < -0.4 is 10.4 Å². The second-order valence-electron chi connectivity index (χ2n) is 13.2. The molecule has 0 fully saturated rings. The predicted octanol–water partition coefficient (Wildman–Crippen LogP) is 11.3. The Kier molecular flexibility index (Phi) is 12.2. The fourth-order valence-corrected chi connectivity index (χ4v) is 6.48. The van der Waals surface area contributed by atoms with Crippen LogP contribution in [0.5, 0.6) is 0 Å². The first-order chi connectivity index (χ1) is 26.0. The van der Waals surface area contributed by atoms with Gasteiger partial charge in [0.05, 0.1) is 11.4 Å². The van der Waals surface area contributed by atoms with Crippen molar-refractivity contribution >= 4 is 40.7 Å². The number of rotatable bonds is 8. The summed E-state index contributed by atoms with van der Waals surface area (Å²) in [6.07, 6.45) is 14.2. The minimum absolute atomic E-state index is 0.688. The van der Waals surface area contributed by atoms with Gasteiger partial charge in [-0.05, 0) is 95.7 Å². The van der Waals surface area contributed by atoms with Crippen LogP contribution in [0.1, 0.15) is 75.3 Å². The number of allylic oxidation sites excluding steroid dienone is 6. The normalized spacial score (nSPS) is 14.7. The molecule has 5 aromatic carbocycles. The zero-order chi connectivity index (χ0) is 37.2. The first-order valence-corrected chi connectivity index (χ1v) is 18.9. The van der Waals surface area contributed by atoms with Gasteiger partial charge >= 0.3 is 0 Å². The van der Waals surface area contributed by atoms with Crippen LogP contribution >= 0.6 is 0 Å². The molecule has 0 unspecified atom stereocenters. The summed E-state index contributed by atoms with van der Waals surface area (Å²) in [6.45, 7) is 10.5. The monoisotopic (exact) mass is 691 g/mol. The molecular formula is C50H49N3. The van der Waals surface area contributed by atoms with E-state index in [2.05, 4.69) is 153 Å². The van der Waals surface area contributed by atoms with Crippen LogP contribution in [0.3, 0.4) is 0 Å². The van der Waals surface area contributed by atoms with Gasteiger partial charge in [0.25, 0.3) is 0 Å². The molecule has 0 saturated carbocycles. The van der Waals surface area contributed by atoms with E-state index in [1.165, 1.54) is 38.4 Å². The van der Waals surface area contributed by atoms with E-state index in [9.17, 15) is 0 Å². The third-order valence-corrected chi connectivity index (χ3v) is 9.56. The smallest absolute Gasteiger partial charge is 0.154 e. The second kappa shape index (κ2) is 17.5. The zero-order valence-electron chi connectivity index (χ0n) is 31.9. The van der Waals surface area contributed by atoms with E-state index >= 15 is 0 Å². The van der Waals surface area contributed by atoms with Crippen molar-refractivity contribution in [2.75, 3.05) is 7.05 Å². The lowest BCUT2D eigenvalue weighted by atomic mass is 9.89. The molecule has 0 amide bonds. The number of amidine groups is 1. The quantitative estimate of drug-likeness (QED) is 0.115. The van der Waals surface area contributed by atoms with Crippen molar-refractivity contribution in [3.63, 3.8) is 0 Å². The summed E-state index contributed by atoms with van der Waals surface area (Å²) < 4.78 is 0. The maximum absolute atomic E-state index is 5.33. The Bertz CT molecular complexity index is 2390. The van der Waals surface area contributed by atoms with Crippen molar-refractivity contribution in [2.45, 2.75) is 53.9 Å². The molecule has 0 radical (unpaired) electrons. The summed E-state index contributed by atoms with van der Waals surface area (Å²) in [6, 6.07) is 42.8. The predicted molar refractivity (Wildman–Crippen MR) is 230 cm³/mol. The Morgan fingerprint density at radius 3 is 2.06 bits per heavy atom. The Morgan fingerprint density at radius 2 is 1.38 bits per heavy atom. The van der Waals surface area contributed by atoms with E-state index < -0.39 is 0 Å². The highest BCUT2D eigenvalue weighted by molar-refractivity contribution is 6.20. The first kappa shape index (κ1) is 36.8. The van der Waals surface area contributed by atoms with Crippen molar-refractivity contribution in [1.82, 2.24) is 0 Å². The topological polar surface area (TPSA) is 37.1 Å². The third-order valence-electron chi connectivity index (χ3n) is 9.56. The molecule has 1 heterocycles. The molecule has 0 atom stereocenters. The Labute approximate surface area is 315 Å². The van der Waals surface area contributed by atoms with Crippen LogP contribution in [-0.4, -0.2) is 24.3 Å². The van der Waals surface area contributed by atoms with E-state index in [0.29, 0.717) is 5.84 Å². The molecule has 0 aromatic heterocycles. The molecule has 0 N–H and O–H groups in total. The highest BCUT2D eigenvalue weighted by Crippen LogP contribution is 2.40. The Hall–Kier alpha value is -5.93. The molecular weight excluding hydrogens is 643 g/mol. The Balaban J connectivity index is 0.00000236. The maximum Gasteiger partial charge on any atom is 0.154 e. The van der Waals surface area contributed by atoms with Gasteiger partial charge in [-0.1, -0.05) is 154 Å². The van der Waals surface area contributed by atoms with E-state index in [-0.39, 0.29) is 0 Å². The molecule has 53 heavy (non-hydrogen) atoms. The second-order valence-corrected chi connectivity index (χ2v) is 13.2. The number of benzene rings is 5. The van der Waals surface area contributed by atoms with Gasteiger partial charge in [0, 0.05) is 35.0 Å². The Morgan fingerprint density at radius 1 is 0.717 bits per heavy atom. The minimum Gasteiger partial charge on any atom is -0.270 e. The minimum atomic E-state index is 0.688. The molecule has 0 bridgehead atoms. The number of hydrogen-bond donors (Lipinski definition) is 0. The van der Waals surface area contributed by atoms with Gasteiger partial charge in [-0.2, -0.15) is 0 Å². The molecule has 0 spiro atoms. The molecule has 0 saturated heterocycles. The van der Waals surface area contributed by atoms with E-state index in [1.807, 2.05) is 45.2 Å². The third kappa shape index (κ3) is 8.94. The summed E-state index contributed by atoms with van der Waals surface area (Å²) in [7, 11) is 1.81. The van der Waals surface area contributed by atoms with Gasteiger partial charge in [0.1, 0.15) is 0 Å². The number of fused-ring (bicyclic) bond motifs is 1. The molecule has 264 valence electrons. The summed E-state index contributed by atoms with van der Waals surface area (Å²) in [5.41, 5.74) is 14.6. The lowest BCUT2D eigenvalue weighted by Gasteiger charge is -2.19. The molecule has 1 aliphatic carbocycles. The summed E-state index contributed by atoms with van der Waals surface area (Å²) in [5.74, 6) is 0.688. The van der Waals surface area contributed by atoms with Gasteiger partial charge in [-0.3, -0.25) is 9.98 Å². The number of aryl methyl sites for hydroxylation is 1. The standard InChI is InChI=1S/C48H43N3.C2H6/c1-5-33(2)23-25-35-15-12-13-20-40(35)32-45(36-27-28-36)42-29-41(44-22-14-21-38-26-24-34(3)50-47(38)44)30-43(31-42)46(37-16-8-6-9-17-37)51-48(49-4)39-18-10-7-11-19-39;1-2/h6-23,25,27-32H,5,24,26H2,1-4H3;1-2H3/b33-23-,35-25+,40-32-,49-48?,51-46?;. The van der Waals surface area contributed by atoms with Crippen molar-refractivity contribution in [3.05, 3.63) is 189 Å². The average molecular weight is 692 g/mol. The summed E-state index contributed by atoms with van der Waals surface area (Å²) >= 11 is 0. The fourth-order valence-electron chi connectivity index (χ4n) is 6.48. The van der Waals surface area contributed by atoms with Crippen LogP contribution in [-0.2, 0) is 6.42 Å². The van der Waals surface area contributed by atoms with Crippen molar-refractivity contribution in [3.8, 4) is 11.1 Å². The first-order valence-electron chi connectivity index (χ1n) is 18.9. The summed E-state index contributed by atoms with van der Waals surface area (Å²) in [4.78, 5) is 15.1. The maximum atomic E-state index is 5.33. The molecule has 1 aliphatic heterocycles. The van der Waals surface area contributed by atoms with Gasteiger partial charge in [0.2, 0.25) is 0 Å². The van der Waals surface area contributed by atoms with E-state index in [4.69, 9.17) is 9.98 Å². The van der Waals surface area contributed by atoms with Crippen LogP contribution in [0.4, 0.5) is 5.69 Å². The van der Waals surface area contributed by atoms with Gasteiger partial charge < -0.3 is 0 Å². The van der Waals surface area contributed by atoms with Crippen molar-refractivity contribution in [1.29, 1.82) is 0 Å². The fraction of sp³-hybridized carbons (Fsp3) is 0.180. The van der Waals surface area contributed by atoms with Crippen molar-refractivity contribution < 1.29 is 0 Å². The van der Waals surface area contributed by atoms with E-state index in [0.717, 1.165) is 64.0 Å². The average Bonchev–Trinajstić information content (AvgIpc) is 4.06.